The number of hydrogen-bond acceptors (Lipinski definition) is 6. The average molecular weight is 399 g/mol. The van der Waals surface area contributed by atoms with E-state index in [1.807, 2.05) is 30.3 Å². The molecular formula is C23H29NO5. The van der Waals surface area contributed by atoms with Gasteiger partial charge in [0.05, 0.1) is 19.8 Å². The maximum atomic E-state index is 10.5. The SMILES string of the molecule is COc1ccc([C@@]2(C)CCN(c3ccc(COCC=O)cc3[C@@H](C)O)C2)c(O)c1. The number of rotatable bonds is 8. The van der Waals surface area contributed by atoms with Crippen LogP contribution in [-0.2, 0) is 21.6 Å². The summed E-state index contributed by atoms with van der Waals surface area (Å²) in [5.74, 6) is 0.876. The number of aliphatic hydroxyl groups is 1. The highest BCUT2D eigenvalue weighted by molar-refractivity contribution is 5.58. The second-order valence-corrected chi connectivity index (χ2v) is 7.87. The molecule has 0 aromatic heterocycles. The van der Waals surface area contributed by atoms with Gasteiger partial charge in [-0.1, -0.05) is 19.1 Å². The first-order valence-corrected chi connectivity index (χ1v) is 9.82. The summed E-state index contributed by atoms with van der Waals surface area (Å²) in [5.41, 5.74) is 3.42. The van der Waals surface area contributed by atoms with Crippen molar-refractivity contribution < 1.29 is 24.5 Å². The van der Waals surface area contributed by atoms with Crippen molar-refractivity contribution in [1.29, 1.82) is 0 Å². The van der Waals surface area contributed by atoms with E-state index in [4.69, 9.17) is 9.47 Å². The third kappa shape index (κ3) is 4.54. The Morgan fingerprint density at radius 2 is 2.07 bits per heavy atom. The lowest BCUT2D eigenvalue weighted by Gasteiger charge is -2.28. The zero-order valence-corrected chi connectivity index (χ0v) is 17.2. The monoisotopic (exact) mass is 399 g/mol. The van der Waals surface area contributed by atoms with Crippen molar-refractivity contribution in [3.8, 4) is 11.5 Å². The highest BCUT2D eigenvalue weighted by Gasteiger charge is 2.38. The Hall–Kier alpha value is -2.57. The number of aliphatic hydroxyl groups excluding tert-OH is 1. The van der Waals surface area contributed by atoms with Gasteiger partial charge in [-0.2, -0.15) is 0 Å². The highest BCUT2D eigenvalue weighted by atomic mass is 16.5. The van der Waals surface area contributed by atoms with Gasteiger partial charge in [0.25, 0.3) is 0 Å². The molecule has 1 fully saturated rings. The predicted octanol–water partition coefficient (Wildman–Crippen LogP) is 3.34. The Morgan fingerprint density at radius 1 is 1.28 bits per heavy atom. The van der Waals surface area contributed by atoms with Crippen LogP contribution in [-0.4, -0.2) is 43.3 Å². The molecule has 0 spiro atoms. The van der Waals surface area contributed by atoms with Gasteiger partial charge < -0.3 is 29.4 Å². The number of carbonyl (C=O) groups excluding carboxylic acids is 1. The molecule has 0 saturated carbocycles. The van der Waals surface area contributed by atoms with E-state index in [1.54, 1.807) is 20.1 Å². The Kier molecular flexibility index (Phi) is 6.45. The molecule has 1 aliphatic heterocycles. The number of aldehydes is 1. The minimum atomic E-state index is -0.628. The molecule has 2 N–H and O–H groups in total. The first-order chi connectivity index (χ1) is 13.9. The van der Waals surface area contributed by atoms with Gasteiger partial charge in [0.1, 0.15) is 24.4 Å². The van der Waals surface area contributed by atoms with E-state index in [0.29, 0.717) is 12.4 Å². The Morgan fingerprint density at radius 3 is 2.72 bits per heavy atom. The first-order valence-electron chi connectivity index (χ1n) is 9.82. The minimum absolute atomic E-state index is 0.0571. The molecule has 0 unspecified atom stereocenters. The van der Waals surface area contributed by atoms with E-state index in [2.05, 4.69) is 11.8 Å². The molecule has 0 amide bonds. The van der Waals surface area contributed by atoms with Gasteiger partial charge in [0.15, 0.2) is 0 Å². The summed E-state index contributed by atoms with van der Waals surface area (Å²) in [7, 11) is 1.58. The number of benzene rings is 2. The van der Waals surface area contributed by atoms with Crippen LogP contribution in [0.1, 0.15) is 43.1 Å². The van der Waals surface area contributed by atoms with Crippen molar-refractivity contribution in [2.75, 3.05) is 31.7 Å². The molecule has 0 aliphatic carbocycles. The summed E-state index contributed by atoms with van der Waals surface area (Å²) in [6.07, 6.45) is 0.984. The molecule has 2 atom stereocenters. The van der Waals surface area contributed by atoms with Crippen molar-refractivity contribution in [1.82, 2.24) is 0 Å². The molecule has 0 bridgehead atoms. The number of phenols is 1. The summed E-state index contributed by atoms with van der Waals surface area (Å²) in [4.78, 5) is 12.7. The third-order valence-corrected chi connectivity index (χ3v) is 5.67. The summed E-state index contributed by atoms with van der Waals surface area (Å²) in [6, 6.07) is 11.4. The maximum absolute atomic E-state index is 10.5. The van der Waals surface area contributed by atoms with Crippen LogP contribution < -0.4 is 9.64 Å². The van der Waals surface area contributed by atoms with E-state index in [1.165, 1.54) is 0 Å². The van der Waals surface area contributed by atoms with E-state index >= 15 is 0 Å². The Bertz CT molecular complexity index is 866. The second kappa shape index (κ2) is 8.84. The van der Waals surface area contributed by atoms with Crippen LogP contribution >= 0.6 is 0 Å². The second-order valence-electron chi connectivity index (χ2n) is 7.87. The zero-order valence-electron chi connectivity index (χ0n) is 17.2. The fourth-order valence-corrected chi connectivity index (χ4v) is 4.08. The highest BCUT2D eigenvalue weighted by Crippen LogP contribution is 2.42. The number of hydrogen-bond donors (Lipinski definition) is 2. The van der Waals surface area contributed by atoms with Crippen molar-refractivity contribution in [2.45, 2.75) is 38.4 Å². The largest absolute Gasteiger partial charge is 0.508 e. The van der Waals surface area contributed by atoms with Gasteiger partial charge in [0.2, 0.25) is 0 Å². The Labute approximate surface area is 171 Å². The van der Waals surface area contributed by atoms with Crippen LogP contribution in [0, 0.1) is 0 Å². The van der Waals surface area contributed by atoms with Crippen molar-refractivity contribution >= 4 is 12.0 Å². The summed E-state index contributed by atoms with van der Waals surface area (Å²) in [5, 5.41) is 20.8. The number of aromatic hydroxyl groups is 1. The molecule has 2 aromatic rings. The zero-order chi connectivity index (χ0) is 21.0. The standard InChI is InChI=1S/C23H29NO5/c1-16(26)19-12-17(14-29-11-10-25)4-7-21(19)24-9-8-23(2,15-24)20-6-5-18(28-3)13-22(20)27/h4-7,10,12-13,16,26-27H,8-9,11,14-15H2,1-3H3/t16-,23+/m1/s1. The van der Waals surface area contributed by atoms with E-state index in [9.17, 15) is 15.0 Å². The summed E-state index contributed by atoms with van der Waals surface area (Å²) >= 11 is 0. The van der Waals surface area contributed by atoms with E-state index in [-0.39, 0.29) is 17.8 Å². The lowest BCUT2D eigenvalue weighted by Crippen LogP contribution is -2.29. The third-order valence-electron chi connectivity index (χ3n) is 5.67. The fourth-order valence-electron chi connectivity index (χ4n) is 4.08. The van der Waals surface area contributed by atoms with E-state index < -0.39 is 6.10 Å². The molecule has 1 heterocycles. The number of nitrogens with zero attached hydrogens (tertiary/aromatic N) is 1. The number of methoxy groups -OCH3 is 1. The molecule has 6 heteroatoms. The minimum Gasteiger partial charge on any atom is -0.508 e. The first kappa shape index (κ1) is 21.1. The van der Waals surface area contributed by atoms with Gasteiger partial charge in [0, 0.05) is 41.4 Å². The molecule has 29 heavy (non-hydrogen) atoms. The normalized spacial score (nSPS) is 19.9. The van der Waals surface area contributed by atoms with Crippen LogP contribution in [0.3, 0.4) is 0 Å². The molecule has 1 saturated heterocycles. The molecule has 6 nitrogen and oxygen atoms in total. The van der Waals surface area contributed by atoms with Crippen LogP contribution in [0.2, 0.25) is 0 Å². The quantitative estimate of drug-likeness (QED) is 0.524. The number of phenolic OH excluding ortho intramolecular Hbond substituents is 1. The molecule has 0 radical (unpaired) electrons. The van der Waals surface area contributed by atoms with Crippen molar-refractivity contribution in [3.05, 3.63) is 53.1 Å². The van der Waals surface area contributed by atoms with Crippen LogP contribution in [0.15, 0.2) is 36.4 Å². The van der Waals surface area contributed by atoms with Crippen LogP contribution in [0.5, 0.6) is 11.5 Å². The van der Waals surface area contributed by atoms with Crippen molar-refractivity contribution in [2.24, 2.45) is 0 Å². The average Bonchev–Trinajstić information content (AvgIpc) is 3.10. The Balaban J connectivity index is 1.84. The van der Waals surface area contributed by atoms with Crippen molar-refractivity contribution in [3.63, 3.8) is 0 Å². The predicted molar refractivity (Wildman–Crippen MR) is 112 cm³/mol. The van der Waals surface area contributed by atoms with Gasteiger partial charge in [-0.25, -0.2) is 0 Å². The topological polar surface area (TPSA) is 79.2 Å². The molecule has 156 valence electrons. The molecule has 1 aliphatic rings. The summed E-state index contributed by atoms with van der Waals surface area (Å²) in [6.45, 7) is 5.84. The van der Waals surface area contributed by atoms with Gasteiger partial charge in [-0.15, -0.1) is 0 Å². The van der Waals surface area contributed by atoms with Gasteiger partial charge >= 0.3 is 0 Å². The van der Waals surface area contributed by atoms with Crippen LogP contribution in [0.25, 0.3) is 0 Å². The number of carbonyl (C=O) groups is 1. The summed E-state index contributed by atoms with van der Waals surface area (Å²) < 4.78 is 10.5. The van der Waals surface area contributed by atoms with E-state index in [0.717, 1.165) is 48.2 Å². The van der Waals surface area contributed by atoms with Crippen LogP contribution in [0.4, 0.5) is 5.69 Å². The fraction of sp³-hybridized carbons (Fsp3) is 0.435. The molecule has 2 aromatic carbocycles. The molecular weight excluding hydrogens is 370 g/mol. The van der Waals surface area contributed by atoms with Gasteiger partial charge in [-0.05, 0) is 37.1 Å². The smallest absolute Gasteiger partial charge is 0.145 e. The van der Waals surface area contributed by atoms with Gasteiger partial charge in [-0.3, -0.25) is 0 Å². The number of ether oxygens (including phenoxy) is 2. The lowest BCUT2D eigenvalue weighted by molar-refractivity contribution is -0.112. The maximum Gasteiger partial charge on any atom is 0.145 e. The molecule has 3 rings (SSSR count). The number of anilines is 1. The lowest BCUT2D eigenvalue weighted by atomic mass is 9.81.